The lowest BCUT2D eigenvalue weighted by Gasteiger charge is -2.37. The molecule has 0 amide bonds. The van der Waals surface area contributed by atoms with Crippen LogP contribution in [0.25, 0.3) is 10.6 Å². The first-order chi connectivity index (χ1) is 13.1. The first kappa shape index (κ1) is 18.1. The van der Waals surface area contributed by atoms with Gasteiger partial charge in [-0.05, 0) is 45.9 Å². The number of benzene rings is 1. The average molecular weight is 385 g/mol. The Labute approximate surface area is 163 Å². The number of nitrogens with zero attached hydrogens (tertiary/aromatic N) is 6. The van der Waals surface area contributed by atoms with Crippen molar-refractivity contribution in [2.45, 2.75) is 39.3 Å². The number of rotatable bonds is 5. The van der Waals surface area contributed by atoms with E-state index in [9.17, 15) is 0 Å². The molecule has 0 atom stereocenters. The molecule has 1 saturated heterocycles. The number of piperidine rings is 1. The number of anilines is 1. The van der Waals surface area contributed by atoms with E-state index in [-0.39, 0.29) is 0 Å². The maximum Gasteiger partial charge on any atom is 0.147 e. The molecule has 0 N–H and O–H groups in total. The molecule has 0 saturated carbocycles. The van der Waals surface area contributed by atoms with Gasteiger partial charge in [-0.15, -0.1) is 10.2 Å². The van der Waals surface area contributed by atoms with Gasteiger partial charge in [0.2, 0.25) is 0 Å². The quantitative estimate of drug-likeness (QED) is 0.668. The molecule has 3 aromatic rings. The number of aryl methyl sites for hydroxylation is 2. The molecule has 7 nitrogen and oxygen atoms in total. The first-order valence-electron chi connectivity index (χ1n) is 9.24. The van der Waals surface area contributed by atoms with E-state index in [0.29, 0.717) is 6.04 Å². The molecule has 0 radical (unpaired) electrons. The molecule has 142 valence electrons. The fraction of sp³-hybridized carbons (Fsp3) is 0.474. The Morgan fingerprint density at radius 2 is 2.00 bits per heavy atom. The summed E-state index contributed by atoms with van der Waals surface area (Å²) in [4.78, 5) is 4.83. The van der Waals surface area contributed by atoms with Crippen molar-refractivity contribution in [2.24, 2.45) is 0 Å². The van der Waals surface area contributed by atoms with Gasteiger partial charge in [-0.3, -0.25) is 4.90 Å². The van der Waals surface area contributed by atoms with E-state index in [1.54, 1.807) is 11.3 Å². The third kappa shape index (κ3) is 4.01. The summed E-state index contributed by atoms with van der Waals surface area (Å²) in [5.41, 5.74) is 4.22. The maximum absolute atomic E-state index is 4.81. The van der Waals surface area contributed by atoms with Gasteiger partial charge in [0, 0.05) is 36.9 Å². The molecule has 1 aliphatic heterocycles. The molecule has 1 aromatic carbocycles. The standard InChI is InChI=1S/C19H24N6OS/c1-13-18(23-26-22-13)12-24(3)16-7-9-25(10-8-16)17-6-4-5-15(11-17)19-21-20-14(2)27-19/h4-6,11,16H,7-10,12H2,1-3H3. The highest BCUT2D eigenvalue weighted by molar-refractivity contribution is 7.14. The van der Waals surface area contributed by atoms with Crippen molar-refractivity contribution in [1.82, 2.24) is 25.4 Å². The molecule has 4 rings (SSSR count). The van der Waals surface area contributed by atoms with Crippen molar-refractivity contribution in [3.8, 4) is 10.6 Å². The number of hydrogen-bond acceptors (Lipinski definition) is 8. The van der Waals surface area contributed by atoms with Crippen LogP contribution in [0, 0.1) is 13.8 Å². The fourth-order valence-corrected chi connectivity index (χ4v) is 4.26. The molecule has 27 heavy (non-hydrogen) atoms. The van der Waals surface area contributed by atoms with Gasteiger partial charge in [-0.1, -0.05) is 33.8 Å². The smallest absolute Gasteiger partial charge is 0.147 e. The van der Waals surface area contributed by atoms with Gasteiger partial charge in [0.15, 0.2) is 0 Å². The van der Waals surface area contributed by atoms with E-state index in [1.807, 2.05) is 13.8 Å². The SMILES string of the molecule is Cc1nnc(-c2cccc(N3CCC(N(C)Cc4nonc4C)CC3)c2)s1. The topological polar surface area (TPSA) is 71.2 Å². The molecule has 3 heterocycles. The Hall–Kier alpha value is -2.32. The summed E-state index contributed by atoms with van der Waals surface area (Å²) in [5.74, 6) is 0. The van der Waals surface area contributed by atoms with Crippen LogP contribution in [-0.2, 0) is 6.54 Å². The van der Waals surface area contributed by atoms with Crippen LogP contribution in [0.3, 0.4) is 0 Å². The van der Waals surface area contributed by atoms with Crippen LogP contribution in [0.4, 0.5) is 5.69 Å². The van der Waals surface area contributed by atoms with Crippen LogP contribution in [0.5, 0.6) is 0 Å². The Morgan fingerprint density at radius 1 is 1.19 bits per heavy atom. The van der Waals surface area contributed by atoms with Gasteiger partial charge in [0.1, 0.15) is 21.4 Å². The van der Waals surface area contributed by atoms with E-state index < -0.39 is 0 Å². The van der Waals surface area contributed by atoms with Gasteiger partial charge in [-0.25, -0.2) is 4.63 Å². The zero-order valence-corrected chi connectivity index (χ0v) is 16.7. The van der Waals surface area contributed by atoms with Crippen molar-refractivity contribution in [3.05, 3.63) is 40.7 Å². The number of hydrogen-bond donors (Lipinski definition) is 0. The van der Waals surface area contributed by atoms with Crippen molar-refractivity contribution >= 4 is 17.0 Å². The fourth-order valence-electron chi connectivity index (χ4n) is 3.57. The molecule has 1 aliphatic rings. The van der Waals surface area contributed by atoms with Gasteiger partial charge >= 0.3 is 0 Å². The van der Waals surface area contributed by atoms with E-state index in [2.05, 4.69) is 61.6 Å². The molecular weight excluding hydrogens is 360 g/mol. The van der Waals surface area contributed by atoms with Crippen molar-refractivity contribution in [2.75, 3.05) is 25.0 Å². The third-order valence-corrected chi connectivity index (χ3v) is 6.11. The highest BCUT2D eigenvalue weighted by Gasteiger charge is 2.24. The maximum atomic E-state index is 4.81. The minimum absolute atomic E-state index is 0.548. The minimum Gasteiger partial charge on any atom is -0.371 e. The molecule has 8 heteroatoms. The molecule has 0 unspecified atom stereocenters. The van der Waals surface area contributed by atoms with Gasteiger partial charge < -0.3 is 4.90 Å². The Kier molecular flexibility index (Phi) is 5.18. The second-order valence-corrected chi connectivity index (χ2v) is 8.29. The van der Waals surface area contributed by atoms with E-state index >= 15 is 0 Å². The highest BCUT2D eigenvalue weighted by atomic mass is 32.1. The zero-order chi connectivity index (χ0) is 18.8. The Bertz CT molecular complexity index is 899. The lowest BCUT2D eigenvalue weighted by atomic mass is 10.0. The van der Waals surface area contributed by atoms with E-state index in [4.69, 9.17) is 4.63 Å². The normalized spacial score (nSPS) is 15.6. The summed E-state index contributed by atoms with van der Waals surface area (Å²) in [6, 6.07) is 9.18. The van der Waals surface area contributed by atoms with Gasteiger partial charge in [-0.2, -0.15) is 0 Å². The second kappa shape index (κ2) is 7.74. The molecule has 1 fully saturated rings. The lowest BCUT2D eigenvalue weighted by molar-refractivity contribution is 0.194. The largest absolute Gasteiger partial charge is 0.371 e. The Morgan fingerprint density at radius 3 is 2.67 bits per heavy atom. The van der Waals surface area contributed by atoms with Crippen molar-refractivity contribution in [1.29, 1.82) is 0 Å². The third-order valence-electron chi connectivity index (χ3n) is 5.22. The van der Waals surface area contributed by atoms with Crippen LogP contribution in [0.1, 0.15) is 29.2 Å². The number of aromatic nitrogens is 4. The zero-order valence-electron chi connectivity index (χ0n) is 15.9. The molecule has 0 spiro atoms. The van der Waals surface area contributed by atoms with E-state index in [1.165, 1.54) is 5.69 Å². The molecular formula is C19H24N6OS. The first-order valence-corrected chi connectivity index (χ1v) is 10.1. The molecule has 0 aliphatic carbocycles. The van der Waals surface area contributed by atoms with Gasteiger partial charge in [0.05, 0.1) is 0 Å². The van der Waals surface area contributed by atoms with E-state index in [0.717, 1.165) is 59.4 Å². The summed E-state index contributed by atoms with van der Waals surface area (Å²) in [6.45, 7) is 6.80. The minimum atomic E-state index is 0.548. The highest BCUT2D eigenvalue weighted by Crippen LogP contribution is 2.29. The van der Waals surface area contributed by atoms with Crippen LogP contribution in [0.15, 0.2) is 28.9 Å². The van der Waals surface area contributed by atoms with Crippen LogP contribution >= 0.6 is 11.3 Å². The summed E-state index contributed by atoms with van der Waals surface area (Å²) >= 11 is 1.64. The van der Waals surface area contributed by atoms with Crippen LogP contribution in [-0.4, -0.2) is 51.6 Å². The molecule has 2 aromatic heterocycles. The summed E-state index contributed by atoms with van der Waals surface area (Å²) in [7, 11) is 2.16. The molecule has 0 bridgehead atoms. The summed E-state index contributed by atoms with van der Waals surface area (Å²) in [5, 5.41) is 18.3. The van der Waals surface area contributed by atoms with Crippen molar-refractivity contribution < 1.29 is 4.63 Å². The average Bonchev–Trinajstić information content (AvgIpc) is 3.30. The summed E-state index contributed by atoms with van der Waals surface area (Å²) in [6.07, 6.45) is 2.26. The van der Waals surface area contributed by atoms with Crippen LogP contribution in [0.2, 0.25) is 0 Å². The predicted octanol–water partition coefficient (Wildman–Crippen LogP) is 3.31. The van der Waals surface area contributed by atoms with Crippen LogP contribution < -0.4 is 4.90 Å². The second-order valence-electron chi connectivity index (χ2n) is 7.11. The lowest BCUT2D eigenvalue weighted by Crippen LogP contribution is -2.43. The monoisotopic (exact) mass is 384 g/mol. The van der Waals surface area contributed by atoms with Crippen molar-refractivity contribution in [3.63, 3.8) is 0 Å². The summed E-state index contributed by atoms with van der Waals surface area (Å²) < 4.78 is 4.81. The predicted molar refractivity (Wildman–Crippen MR) is 106 cm³/mol. The van der Waals surface area contributed by atoms with Gasteiger partial charge in [0.25, 0.3) is 0 Å². The Balaban J connectivity index is 1.38.